The summed E-state index contributed by atoms with van der Waals surface area (Å²) in [6.45, 7) is 0. The van der Waals surface area contributed by atoms with Crippen molar-refractivity contribution in [3.8, 4) is 0 Å². The first-order chi connectivity index (χ1) is 7.99. The molecule has 6 heteroatoms. The molecule has 0 radical (unpaired) electrons. The fraction of sp³-hybridized carbons (Fsp3) is 0.0909. The van der Waals surface area contributed by atoms with Crippen LogP contribution in [0.1, 0.15) is 12.0 Å². The number of hydrogen-bond acceptors (Lipinski definition) is 4. The van der Waals surface area contributed by atoms with E-state index in [1.54, 1.807) is 6.07 Å². The van der Waals surface area contributed by atoms with E-state index in [2.05, 4.69) is 0 Å². The van der Waals surface area contributed by atoms with Gasteiger partial charge in [0.25, 0.3) is 5.69 Å². The van der Waals surface area contributed by atoms with Gasteiger partial charge in [0.05, 0.1) is 11.3 Å². The lowest BCUT2D eigenvalue weighted by Gasteiger charge is -1.94. The van der Waals surface area contributed by atoms with Gasteiger partial charge in [-0.3, -0.25) is 19.7 Å². The van der Waals surface area contributed by atoms with Gasteiger partial charge in [-0.25, -0.2) is 0 Å². The van der Waals surface area contributed by atoms with E-state index in [-0.39, 0.29) is 12.1 Å². The van der Waals surface area contributed by atoms with E-state index in [4.69, 9.17) is 5.73 Å². The van der Waals surface area contributed by atoms with E-state index >= 15 is 0 Å². The van der Waals surface area contributed by atoms with Gasteiger partial charge in [0.15, 0.2) is 5.78 Å². The second-order valence-electron chi connectivity index (χ2n) is 3.29. The van der Waals surface area contributed by atoms with Gasteiger partial charge in [-0.05, 0) is 11.6 Å². The van der Waals surface area contributed by atoms with Crippen molar-refractivity contribution in [2.75, 3.05) is 0 Å². The summed E-state index contributed by atoms with van der Waals surface area (Å²) in [5.74, 6) is -1.15. The van der Waals surface area contributed by atoms with Crippen LogP contribution in [0.5, 0.6) is 0 Å². The van der Waals surface area contributed by atoms with E-state index in [0.717, 1.165) is 0 Å². The van der Waals surface area contributed by atoms with E-state index in [1.807, 2.05) is 0 Å². The number of benzene rings is 1. The number of non-ortho nitro benzene ring substituents is 1. The number of carbonyl (C=O) groups is 2. The number of carbonyl (C=O) groups excluding carboxylic acids is 2. The number of nitro groups is 1. The van der Waals surface area contributed by atoms with Crippen LogP contribution < -0.4 is 5.73 Å². The van der Waals surface area contributed by atoms with Crippen molar-refractivity contribution in [1.82, 2.24) is 0 Å². The van der Waals surface area contributed by atoms with Gasteiger partial charge >= 0.3 is 0 Å². The lowest BCUT2D eigenvalue weighted by Crippen LogP contribution is -2.14. The van der Waals surface area contributed by atoms with Gasteiger partial charge in [0, 0.05) is 12.1 Å². The maximum Gasteiger partial charge on any atom is 0.270 e. The molecule has 0 saturated heterocycles. The maximum absolute atomic E-state index is 11.1. The van der Waals surface area contributed by atoms with Crippen molar-refractivity contribution in [2.24, 2.45) is 5.73 Å². The molecule has 0 fully saturated rings. The molecule has 17 heavy (non-hydrogen) atoms. The number of nitrogens with zero attached hydrogens (tertiary/aromatic N) is 1. The zero-order valence-corrected chi connectivity index (χ0v) is 8.83. The predicted octanol–water partition coefficient (Wildman–Crippen LogP) is 1.05. The third-order valence-electron chi connectivity index (χ3n) is 1.89. The van der Waals surface area contributed by atoms with Crippen LogP contribution in [0.4, 0.5) is 5.69 Å². The molecule has 0 heterocycles. The number of hydrogen-bond donors (Lipinski definition) is 1. The highest BCUT2D eigenvalue weighted by molar-refractivity contribution is 6.05. The molecular formula is C11H10N2O4. The third kappa shape index (κ3) is 4.25. The van der Waals surface area contributed by atoms with Crippen LogP contribution >= 0.6 is 0 Å². The first kappa shape index (κ1) is 12.6. The number of allylic oxidation sites excluding steroid dienone is 1. The van der Waals surface area contributed by atoms with Crippen LogP contribution in [0.25, 0.3) is 6.08 Å². The molecule has 1 amide bonds. The number of rotatable bonds is 5. The van der Waals surface area contributed by atoms with E-state index in [9.17, 15) is 19.7 Å². The minimum absolute atomic E-state index is 0.0606. The fourth-order valence-corrected chi connectivity index (χ4v) is 1.16. The predicted molar refractivity (Wildman–Crippen MR) is 60.9 cm³/mol. The normalized spacial score (nSPS) is 10.4. The van der Waals surface area contributed by atoms with Crippen molar-refractivity contribution in [3.63, 3.8) is 0 Å². The molecule has 1 aromatic carbocycles. The second kappa shape index (κ2) is 5.55. The Labute approximate surface area is 96.9 Å². The van der Waals surface area contributed by atoms with Gasteiger partial charge < -0.3 is 5.73 Å². The Hall–Kier alpha value is -2.50. The molecule has 0 aliphatic heterocycles. The van der Waals surface area contributed by atoms with Crippen molar-refractivity contribution in [2.45, 2.75) is 6.42 Å². The lowest BCUT2D eigenvalue weighted by atomic mass is 10.1. The molecule has 0 atom stereocenters. The minimum Gasteiger partial charge on any atom is -0.369 e. The minimum atomic E-state index is -0.710. The molecule has 6 nitrogen and oxygen atoms in total. The summed E-state index contributed by atoms with van der Waals surface area (Å²) in [6, 6.07) is 5.80. The van der Waals surface area contributed by atoms with Gasteiger partial charge in [0.2, 0.25) is 5.91 Å². The van der Waals surface area contributed by atoms with Crippen molar-refractivity contribution >= 4 is 23.5 Å². The quantitative estimate of drug-likeness (QED) is 0.356. The van der Waals surface area contributed by atoms with Crippen LogP contribution in [-0.2, 0) is 9.59 Å². The van der Waals surface area contributed by atoms with Crippen LogP contribution in [-0.4, -0.2) is 16.6 Å². The van der Waals surface area contributed by atoms with Crippen molar-refractivity contribution in [1.29, 1.82) is 0 Å². The van der Waals surface area contributed by atoms with Crippen LogP contribution in [0.3, 0.4) is 0 Å². The first-order valence-electron chi connectivity index (χ1n) is 4.72. The summed E-state index contributed by atoms with van der Waals surface area (Å²) < 4.78 is 0. The van der Waals surface area contributed by atoms with E-state index < -0.39 is 16.6 Å². The Morgan fingerprint density at radius 1 is 1.41 bits per heavy atom. The lowest BCUT2D eigenvalue weighted by molar-refractivity contribution is -0.384. The molecular weight excluding hydrogens is 224 g/mol. The zero-order valence-electron chi connectivity index (χ0n) is 8.83. The first-order valence-corrected chi connectivity index (χ1v) is 4.72. The Balaban J connectivity index is 2.78. The fourth-order valence-electron chi connectivity index (χ4n) is 1.16. The molecule has 1 rings (SSSR count). The summed E-state index contributed by atoms with van der Waals surface area (Å²) in [7, 11) is 0. The van der Waals surface area contributed by atoms with Crippen LogP contribution in [0.15, 0.2) is 30.3 Å². The summed E-state index contributed by atoms with van der Waals surface area (Å²) >= 11 is 0. The molecule has 2 N–H and O–H groups in total. The Morgan fingerprint density at radius 2 is 2.12 bits per heavy atom. The molecule has 0 spiro atoms. The average molecular weight is 234 g/mol. The second-order valence-corrected chi connectivity index (χ2v) is 3.29. The summed E-state index contributed by atoms with van der Waals surface area (Å²) in [5, 5.41) is 10.5. The summed E-state index contributed by atoms with van der Waals surface area (Å²) in [6.07, 6.45) is 2.20. The van der Waals surface area contributed by atoms with Crippen LogP contribution in [0.2, 0.25) is 0 Å². The van der Waals surface area contributed by atoms with E-state index in [1.165, 1.54) is 30.4 Å². The number of nitrogens with two attached hydrogens (primary N) is 1. The third-order valence-corrected chi connectivity index (χ3v) is 1.89. The Morgan fingerprint density at radius 3 is 2.71 bits per heavy atom. The Kier molecular flexibility index (Phi) is 4.10. The number of nitro benzene ring substituents is 1. The average Bonchev–Trinajstić information content (AvgIpc) is 2.26. The van der Waals surface area contributed by atoms with Gasteiger partial charge in [-0.15, -0.1) is 0 Å². The highest BCUT2D eigenvalue weighted by atomic mass is 16.6. The maximum atomic E-state index is 11.1. The summed E-state index contributed by atoms with van der Waals surface area (Å²) in [4.78, 5) is 31.5. The van der Waals surface area contributed by atoms with Gasteiger partial charge in [-0.1, -0.05) is 18.2 Å². The Bertz CT molecular complexity index is 494. The zero-order chi connectivity index (χ0) is 12.8. The highest BCUT2D eigenvalue weighted by Crippen LogP contribution is 2.14. The molecule has 0 unspecified atom stereocenters. The molecule has 1 aromatic rings. The molecule has 88 valence electrons. The van der Waals surface area contributed by atoms with Gasteiger partial charge in [0.1, 0.15) is 0 Å². The van der Waals surface area contributed by atoms with Crippen molar-refractivity contribution < 1.29 is 14.5 Å². The summed E-state index contributed by atoms with van der Waals surface area (Å²) in [5.41, 5.74) is 5.29. The monoisotopic (exact) mass is 234 g/mol. The number of amides is 1. The molecule has 0 aliphatic rings. The highest BCUT2D eigenvalue weighted by Gasteiger charge is 2.05. The standard InChI is InChI=1S/C11H10N2O4/c12-11(15)7-10(14)5-4-8-2-1-3-9(6-8)13(16)17/h1-6H,7H2,(H2,12,15). The molecule has 0 aromatic heterocycles. The van der Waals surface area contributed by atoms with Crippen molar-refractivity contribution in [3.05, 3.63) is 46.0 Å². The molecule has 0 saturated carbocycles. The van der Waals surface area contributed by atoms with E-state index in [0.29, 0.717) is 5.56 Å². The van der Waals surface area contributed by atoms with Crippen LogP contribution in [0, 0.1) is 10.1 Å². The topological polar surface area (TPSA) is 103 Å². The molecule has 0 bridgehead atoms. The smallest absolute Gasteiger partial charge is 0.270 e. The largest absolute Gasteiger partial charge is 0.369 e. The molecule has 0 aliphatic carbocycles. The van der Waals surface area contributed by atoms with Gasteiger partial charge in [-0.2, -0.15) is 0 Å². The number of primary amides is 1. The SMILES string of the molecule is NC(=O)CC(=O)C=Cc1cccc([N+](=O)[O-])c1. The number of ketones is 1.